The van der Waals surface area contributed by atoms with Gasteiger partial charge in [-0.3, -0.25) is 13.7 Å². The minimum Gasteiger partial charge on any atom is -0.297 e. The molecule has 10 heteroatoms. The summed E-state index contributed by atoms with van der Waals surface area (Å²) < 4.78 is 15.8. The zero-order chi connectivity index (χ0) is 15.3. The Bertz CT molecular complexity index is 217. The van der Waals surface area contributed by atoms with E-state index in [1.165, 1.54) is 0 Å². The molecule has 0 aliphatic rings. The van der Waals surface area contributed by atoms with E-state index in [4.69, 9.17) is 28.1 Å². The van der Waals surface area contributed by atoms with E-state index in [1.54, 1.807) is 0 Å². The van der Waals surface area contributed by atoms with Gasteiger partial charge in [0.15, 0.2) is 0 Å². The van der Waals surface area contributed by atoms with Gasteiger partial charge >= 0.3 is 7.32 Å². The summed E-state index contributed by atoms with van der Waals surface area (Å²) in [6, 6.07) is 0. The Hall–Kier alpha value is 0.476. The van der Waals surface area contributed by atoms with Crippen LogP contribution in [0.2, 0.25) is 58.9 Å². The molecule has 6 nitrogen and oxygen atoms in total. The van der Waals surface area contributed by atoms with Crippen LogP contribution in [0.1, 0.15) is 0 Å². The Morgan fingerprint density at radius 1 is 0.474 bits per heavy atom. The maximum Gasteiger partial charge on any atom is 0.722 e. The zero-order valence-corrected chi connectivity index (χ0v) is 16.5. The van der Waals surface area contributed by atoms with E-state index < -0.39 is 32.3 Å². The summed E-state index contributed by atoms with van der Waals surface area (Å²) in [7, 11) is -6.66. The molecule has 0 heterocycles. The second kappa shape index (κ2) is 7.47. The number of hydrogen-bond acceptors (Lipinski definition) is 6. The third kappa shape index (κ3) is 14.7. The Morgan fingerprint density at radius 2 is 0.684 bits per heavy atom. The standard InChI is InChI=1S/C9H27BO6Si3/c1-17(2,3)14-11-10(12-15-18(4,5)6)13-16-19(7,8)9/h1-9H3. The van der Waals surface area contributed by atoms with Crippen LogP contribution in [0, 0.1) is 0 Å². The van der Waals surface area contributed by atoms with Crippen LogP contribution in [0.15, 0.2) is 0 Å². The molecule has 0 aromatic rings. The molecular weight excluding hydrogens is 299 g/mol. The normalized spacial score (nSPS) is 13.7. The highest BCUT2D eigenvalue weighted by molar-refractivity contribution is 6.70. The first-order valence-corrected chi connectivity index (χ1v) is 16.5. The van der Waals surface area contributed by atoms with Crippen LogP contribution in [-0.4, -0.2) is 32.3 Å². The second-order valence-electron chi connectivity index (χ2n) is 7.16. The first kappa shape index (κ1) is 19.5. The molecule has 19 heavy (non-hydrogen) atoms. The summed E-state index contributed by atoms with van der Waals surface area (Å²) in [4.78, 5) is 15.3. The number of hydrogen-bond donors (Lipinski definition) is 0. The fourth-order valence-electron chi connectivity index (χ4n) is 0.599. The molecule has 0 unspecified atom stereocenters. The van der Waals surface area contributed by atoms with E-state index in [0.29, 0.717) is 0 Å². The third-order valence-corrected chi connectivity index (χ3v) is 2.92. The van der Waals surface area contributed by atoms with Crippen LogP contribution in [0.25, 0.3) is 0 Å². The minimum atomic E-state index is -1.84. The monoisotopic (exact) mass is 326 g/mol. The molecule has 0 aliphatic heterocycles. The molecule has 0 aromatic carbocycles. The van der Waals surface area contributed by atoms with E-state index in [0.717, 1.165) is 0 Å². The van der Waals surface area contributed by atoms with Gasteiger partial charge in [0.1, 0.15) is 0 Å². The second-order valence-corrected chi connectivity index (χ2v) is 20.3. The van der Waals surface area contributed by atoms with Gasteiger partial charge in [-0.2, -0.15) is 0 Å². The molecule has 0 saturated carbocycles. The van der Waals surface area contributed by atoms with E-state index >= 15 is 0 Å². The summed E-state index contributed by atoms with van der Waals surface area (Å²) >= 11 is 0. The van der Waals surface area contributed by atoms with Crippen LogP contribution >= 0.6 is 0 Å². The summed E-state index contributed by atoms with van der Waals surface area (Å²) in [5, 5.41) is 0. The van der Waals surface area contributed by atoms with Gasteiger partial charge in [-0.1, -0.05) is 0 Å². The fraction of sp³-hybridized carbons (Fsp3) is 1.00. The molecule has 0 saturated heterocycles. The Labute approximate surface area is 120 Å². The quantitative estimate of drug-likeness (QED) is 0.368. The smallest absolute Gasteiger partial charge is 0.297 e. The van der Waals surface area contributed by atoms with Gasteiger partial charge in [0.05, 0.1) is 0 Å². The summed E-state index contributed by atoms with van der Waals surface area (Å²) in [6.45, 7) is 17.9. The van der Waals surface area contributed by atoms with Crippen LogP contribution in [0.3, 0.4) is 0 Å². The first-order valence-electron chi connectivity index (χ1n) is 6.32. The summed E-state index contributed by atoms with van der Waals surface area (Å²) in [5.74, 6) is 0. The maximum atomic E-state index is 5.28. The first-order chi connectivity index (χ1) is 8.29. The molecule has 0 rings (SSSR count). The van der Waals surface area contributed by atoms with Crippen molar-refractivity contribution in [1.29, 1.82) is 0 Å². The van der Waals surface area contributed by atoms with Crippen LogP contribution in [0.4, 0.5) is 0 Å². The van der Waals surface area contributed by atoms with E-state index in [2.05, 4.69) is 0 Å². The molecule has 0 spiro atoms. The average Bonchev–Trinajstić information content (AvgIpc) is 2.11. The van der Waals surface area contributed by atoms with Gasteiger partial charge in [-0.15, -0.1) is 0 Å². The van der Waals surface area contributed by atoms with Crippen molar-refractivity contribution in [3.05, 3.63) is 0 Å². The lowest BCUT2D eigenvalue weighted by molar-refractivity contribution is -0.274. The van der Waals surface area contributed by atoms with Crippen LogP contribution in [0.5, 0.6) is 0 Å². The molecule has 0 atom stereocenters. The third-order valence-electron chi connectivity index (χ3n) is 1.13. The van der Waals surface area contributed by atoms with Gasteiger partial charge in [0.2, 0.25) is 25.0 Å². The molecular formula is C9H27BO6Si3. The van der Waals surface area contributed by atoms with Crippen molar-refractivity contribution < 1.29 is 28.1 Å². The Kier molecular flexibility index (Phi) is 7.66. The lowest BCUT2D eigenvalue weighted by Crippen LogP contribution is -2.40. The van der Waals surface area contributed by atoms with Crippen molar-refractivity contribution in [3.8, 4) is 0 Å². The fourth-order valence-corrected chi connectivity index (χ4v) is 1.70. The van der Waals surface area contributed by atoms with Crippen molar-refractivity contribution in [3.63, 3.8) is 0 Å². The van der Waals surface area contributed by atoms with Gasteiger partial charge in [-0.25, -0.2) is 14.4 Å². The van der Waals surface area contributed by atoms with Gasteiger partial charge < -0.3 is 0 Å². The number of rotatable bonds is 9. The van der Waals surface area contributed by atoms with E-state index in [9.17, 15) is 0 Å². The highest BCUT2D eigenvalue weighted by Gasteiger charge is 2.34. The lowest BCUT2D eigenvalue weighted by atomic mass is 10.3. The van der Waals surface area contributed by atoms with Crippen molar-refractivity contribution in [2.24, 2.45) is 0 Å². The molecule has 0 N–H and O–H groups in total. The van der Waals surface area contributed by atoms with Gasteiger partial charge in [0, 0.05) is 0 Å². The largest absolute Gasteiger partial charge is 0.722 e. The Balaban J connectivity index is 4.30. The summed E-state index contributed by atoms with van der Waals surface area (Å²) in [6.07, 6.45) is 0. The van der Waals surface area contributed by atoms with Crippen LogP contribution in [-0.2, 0) is 28.1 Å². The molecule has 0 amide bonds. The molecule has 0 fully saturated rings. The van der Waals surface area contributed by atoms with Crippen LogP contribution < -0.4 is 0 Å². The van der Waals surface area contributed by atoms with Gasteiger partial charge in [-0.05, 0) is 58.9 Å². The van der Waals surface area contributed by atoms with Crippen molar-refractivity contribution in [2.75, 3.05) is 0 Å². The lowest BCUT2D eigenvalue weighted by Gasteiger charge is -2.23. The topological polar surface area (TPSA) is 55.4 Å². The Morgan fingerprint density at radius 3 is 0.842 bits per heavy atom. The minimum absolute atomic E-state index is 1.13. The summed E-state index contributed by atoms with van der Waals surface area (Å²) in [5.41, 5.74) is 0. The molecule has 0 aromatic heterocycles. The zero-order valence-electron chi connectivity index (χ0n) is 13.5. The molecule has 0 bridgehead atoms. The average molecular weight is 326 g/mol. The molecule has 114 valence electrons. The highest BCUT2D eigenvalue weighted by Crippen LogP contribution is 2.11. The van der Waals surface area contributed by atoms with E-state index in [-0.39, 0.29) is 0 Å². The van der Waals surface area contributed by atoms with E-state index in [1.807, 2.05) is 58.9 Å². The molecule has 0 radical (unpaired) electrons. The van der Waals surface area contributed by atoms with Crippen molar-refractivity contribution in [1.82, 2.24) is 0 Å². The highest BCUT2D eigenvalue weighted by atomic mass is 28.4. The predicted octanol–water partition coefficient (Wildman–Crippen LogP) is 3.32. The van der Waals surface area contributed by atoms with Gasteiger partial charge in [0.25, 0.3) is 0 Å². The molecule has 0 aliphatic carbocycles. The maximum absolute atomic E-state index is 5.28. The van der Waals surface area contributed by atoms with Crippen molar-refractivity contribution >= 4 is 32.3 Å². The SMILES string of the molecule is C[Si](C)(C)OOB(OO[Si](C)(C)C)OO[Si](C)(C)C. The van der Waals surface area contributed by atoms with Crippen molar-refractivity contribution in [2.45, 2.75) is 58.9 Å². The predicted molar refractivity (Wildman–Crippen MR) is 82.3 cm³/mol.